The fourth-order valence-corrected chi connectivity index (χ4v) is 2.76. The standard InChI is InChI=1S/C16H23N3O2.C2H6/c1-19(2)9-13-7-14(18-16(20)11-3-4-11)8-17-15(13)12-5-6-21-10-12;1-2/h7-8,11-12H,3-6,9-10H2,1-2H3,(H,18,20);1-2H3. The molecule has 1 aliphatic carbocycles. The zero-order valence-corrected chi connectivity index (χ0v) is 14.8. The molecule has 1 unspecified atom stereocenters. The van der Waals surface area contributed by atoms with Gasteiger partial charge in [-0.25, -0.2) is 0 Å². The summed E-state index contributed by atoms with van der Waals surface area (Å²) in [4.78, 5) is 18.6. The summed E-state index contributed by atoms with van der Waals surface area (Å²) in [5, 5.41) is 2.98. The lowest BCUT2D eigenvalue weighted by atomic mass is 9.98. The first-order valence-corrected chi connectivity index (χ1v) is 8.65. The number of carbonyl (C=O) groups is 1. The van der Waals surface area contributed by atoms with Crippen molar-refractivity contribution in [2.75, 3.05) is 32.6 Å². The van der Waals surface area contributed by atoms with Crippen LogP contribution in [-0.4, -0.2) is 43.1 Å². The average molecular weight is 319 g/mol. The second kappa shape index (κ2) is 8.41. The van der Waals surface area contributed by atoms with Crippen LogP contribution in [0, 0.1) is 5.92 Å². The fourth-order valence-electron chi connectivity index (χ4n) is 2.76. The van der Waals surface area contributed by atoms with Crippen molar-refractivity contribution in [1.82, 2.24) is 9.88 Å². The molecule has 0 aromatic carbocycles. The van der Waals surface area contributed by atoms with Gasteiger partial charge in [0.1, 0.15) is 0 Å². The molecule has 1 atom stereocenters. The number of nitrogens with zero attached hydrogens (tertiary/aromatic N) is 2. The highest BCUT2D eigenvalue weighted by molar-refractivity contribution is 5.93. The Labute approximate surface area is 139 Å². The van der Waals surface area contributed by atoms with E-state index in [-0.39, 0.29) is 11.8 Å². The molecule has 1 aliphatic heterocycles. The van der Waals surface area contributed by atoms with Gasteiger partial charge in [-0.15, -0.1) is 0 Å². The minimum atomic E-state index is 0.129. The van der Waals surface area contributed by atoms with Crippen LogP contribution in [0.5, 0.6) is 0 Å². The minimum Gasteiger partial charge on any atom is -0.381 e. The van der Waals surface area contributed by atoms with E-state index in [0.717, 1.165) is 50.4 Å². The second-order valence-corrected chi connectivity index (χ2v) is 6.33. The first-order valence-electron chi connectivity index (χ1n) is 8.65. The summed E-state index contributed by atoms with van der Waals surface area (Å²) >= 11 is 0. The summed E-state index contributed by atoms with van der Waals surface area (Å²) in [6.45, 7) is 6.39. The molecule has 1 aromatic rings. The topological polar surface area (TPSA) is 54.5 Å². The number of amides is 1. The second-order valence-electron chi connectivity index (χ2n) is 6.33. The van der Waals surface area contributed by atoms with Crippen molar-refractivity contribution in [1.29, 1.82) is 0 Å². The third-order valence-electron chi connectivity index (χ3n) is 4.02. The molecule has 5 heteroatoms. The number of anilines is 1. The maximum Gasteiger partial charge on any atom is 0.227 e. The number of ether oxygens (including phenoxy) is 1. The summed E-state index contributed by atoms with van der Waals surface area (Å²) in [6.07, 6.45) is 4.84. The molecule has 2 aliphatic rings. The summed E-state index contributed by atoms with van der Waals surface area (Å²) in [5.74, 6) is 0.725. The number of hydrogen-bond donors (Lipinski definition) is 1. The largest absolute Gasteiger partial charge is 0.381 e. The van der Waals surface area contributed by atoms with Gasteiger partial charge in [0.2, 0.25) is 5.91 Å². The molecule has 0 radical (unpaired) electrons. The van der Waals surface area contributed by atoms with E-state index in [0.29, 0.717) is 5.92 Å². The summed E-state index contributed by atoms with van der Waals surface area (Å²) < 4.78 is 5.48. The Morgan fingerprint density at radius 2 is 2.09 bits per heavy atom. The molecule has 1 saturated heterocycles. The minimum absolute atomic E-state index is 0.129. The van der Waals surface area contributed by atoms with E-state index in [1.807, 2.05) is 27.9 Å². The molecule has 3 rings (SSSR count). The molecule has 1 saturated carbocycles. The van der Waals surface area contributed by atoms with Crippen molar-refractivity contribution in [3.63, 3.8) is 0 Å². The third-order valence-corrected chi connectivity index (χ3v) is 4.02. The number of pyridine rings is 1. The lowest BCUT2D eigenvalue weighted by Crippen LogP contribution is -2.17. The van der Waals surface area contributed by atoms with Crippen LogP contribution in [0.4, 0.5) is 5.69 Å². The van der Waals surface area contributed by atoms with E-state index in [1.54, 1.807) is 6.20 Å². The van der Waals surface area contributed by atoms with Crippen molar-refractivity contribution in [3.05, 3.63) is 23.5 Å². The molecule has 5 nitrogen and oxygen atoms in total. The van der Waals surface area contributed by atoms with Gasteiger partial charge in [0.15, 0.2) is 0 Å². The van der Waals surface area contributed by atoms with Crippen molar-refractivity contribution in [2.24, 2.45) is 5.92 Å². The first kappa shape index (κ1) is 17.9. The zero-order chi connectivity index (χ0) is 16.8. The monoisotopic (exact) mass is 319 g/mol. The van der Waals surface area contributed by atoms with E-state index in [4.69, 9.17) is 4.74 Å². The SMILES string of the molecule is CC.CN(C)Cc1cc(NC(=O)C2CC2)cnc1C1CCOC1. The number of nitrogens with one attached hydrogen (secondary N) is 1. The number of rotatable bonds is 5. The Kier molecular flexibility index (Phi) is 6.54. The molecule has 1 aromatic heterocycles. The number of hydrogen-bond acceptors (Lipinski definition) is 4. The van der Waals surface area contributed by atoms with E-state index >= 15 is 0 Å². The van der Waals surface area contributed by atoms with Crippen LogP contribution in [0.2, 0.25) is 0 Å². The molecule has 1 N–H and O–H groups in total. The molecule has 128 valence electrons. The highest BCUT2D eigenvalue weighted by atomic mass is 16.5. The van der Waals surface area contributed by atoms with Crippen LogP contribution in [0.25, 0.3) is 0 Å². The Morgan fingerprint density at radius 1 is 1.35 bits per heavy atom. The van der Waals surface area contributed by atoms with E-state index < -0.39 is 0 Å². The van der Waals surface area contributed by atoms with Gasteiger partial charge in [0.05, 0.1) is 24.2 Å². The maximum absolute atomic E-state index is 11.9. The lowest BCUT2D eigenvalue weighted by molar-refractivity contribution is -0.117. The van der Waals surface area contributed by atoms with E-state index in [9.17, 15) is 4.79 Å². The van der Waals surface area contributed by atoms with Crippen molar-refractivity contribution < 1.29 is 9.53 Å². The van der Waals surface area contributed by atoms with Gasteiger partial charge in [0.25, 0.3) is 0 Å². The molecule has 0 bridgehead atoms. The smallest absolute Gasteiger partial charge is 0.227 e. The van der Waals surface area contributed by atoms with Crippen molar-refractivity contribution in [2.45, 2.75) is 45.6 Å². The fraction of sp³-hybridized carbons (Fsp3) is 0.667. The van der Waals surface area contributed by atoms with Crippen molar-refractivity contribution >= 4 is 11.6 Å². The lowest BCUT2D eigenvalue weighted by Gasteiger charge is -2.18. The summed E-state index contributed by atoms with van der Waals surface area (Å²) in [6, 6.07) is 2.07. The van der Waals surface area contributed by atoms with Crippen LogP contribution in [0.15, 0.2) is 12.3 Å². The Balaban J connectivity index is 0.000000924. The van der Waals surface area contributed by atoms with Crippen LogP contribution >= 0.6 is 0 Å². The Morgan fingerprint density at radius 3 is 2.65 bits per heavy atom. The highest BCUT2D eigenvalue weighted by Crippen LogP contribution is 2.31. The maximum atomic E-state index is 11.9. The van der Waals surface area contributed by atoms with Crippen LogP contribution in [0.3, 0.4) is 0 Å². The summed E-state index contributed by atoms with van der Waals surface area (Å²) in [5.41, 5.74) is 3.11. The molecule has 23 heavy (non-hydrogen) atoms. The van der Waals surface area contributed by atoms with Gasteiger partial charge in [-0.2, -0.15) is 0 Å². The van der Waals surface area contributed by atoms with Gasteiger partial charge in [-0.05, 0) is 45.0 Å². The normalized spacial score (nSPS) is 20.1. The number of aromatic nitrogens is 1. The molecule has 1 amide bonds. The highest BCUT2D eigenvalue weighted by Gasteiger charge is 2.30. The Bertz CT molecular complexity index is 521. The predicted molar refractivity (Wildman–Crippen MR) is 92.5 cm³/mol. The molecular formula is C18H29N3O2. The van der Waals surface area contributed by atoms with Crippen LogP contribution in [0.1, 0.15) is 50.3 Å². The van der Waals surface area contributed by atoms with Gasteiger partial charge in [0, 0.05) is 25.0 Å². The Hall–Kier alpha value is -1.46. The van der Waals surface area contributed by atoms with Crippen molar-refractivity contribution in [3.8, 4) is 0 Å². The molecular weight excluding hydrogens is 290 g/mol. The zero-order valence-electron chi connectivity index (χ0n) is 14.8. The van der Waals surface area contributed by atoms with Gasteiger partial charge < -0.3 is 15.0 Å². The molecule has 0 spiro atoms. The van der Waals surface area contributed by atoms with Gasteiger partial charge >= 0.3 is 0 Å². The first-order chi connectivity index (χ1) is 11.1. The van der Waals surface area contributed by atoms with Gasteiger partial charge in [-0.3, -0.25) is 9.78 Å². The molecule has 2 heterocycles. The van der Waals surface area contributed by atoms with E-state index in [1.165, 1.54) is 5.56 Å². The summed E-state index contributed by atoms with van der Waals surface area (Å²) in [7, 11) is 4.09. The van der Waals surface area contributed by atoms with Crippen LogP contribution < -0.4 is 5.32 Å². The van der Waals surface area contributed by atoms with Crippen LogP contribution in [-0.2, 0) is 16.1 Å². The molecule has 2 fully saturated rings. The van der Waals surface area contributed by atoms with Gasteiger partial charge in [-0.1, -0.05) is 13.8 Å². The third kappa shape index (κ3) is 5.01. The predicted octanol–water partition coefficient (Wildman–Crippen LogP) is 3.02. The quantitative estimate of drug-likeness (QED) is 0.906. The average Bonchev–Trinajstić information content (AvgIpc) is 3.25. The number of carbonyl (C=O) groups excluding carboxylic acids is 1. The van der Waals surface area contributed by atoms with E-state index in [2.05, 4.69) is 21.3 Å².